The summed E-state index contributed by atoms with van der Waals surface area (Å²) in [5, 5.41) is 4.43. The van der Waals surface area contributed by atoms with Crippen molar-refractivity contribution in [3.63, 3.8) is 0 Å². The molecule has 0 radical (unpaired) electrons. The number of carbonyl (C=O) groups excluding carboxylic acids is 2. The molecule has 0 saturated carbocycles. The van der Waals surface area contributed by atoms with Gasteiger partial charge in [0.2, 0.25) is 5.91 Å². The lowest BCUT2D eigenvalue weighted by molar-refractivity contribution is 0.0737. The van der Waals surface area contributed by atoms with Gasteiger partial charge in [-0.05, 0) is 48.0 Å². The number of para-hydroxylation sites is 1. The Morgan fingerprint density at radius 3 is 2.29 bits per heavy atom. The van der Waals surface area contributed by atoms with Crippen molar-refractivity contribution in [1.29, 1.82) is 0 Å². The van der Waals surface area contributed by atoms with Crippen LogP contribution in [0.3, 0.4) is 0 Å². The molecule has 0 aromatic heterocycles. The number of ether oxygens (including phenoxy) is 2. The van der Waals surface area contributed by atoms with E-state index in [-0.39, 0.29) is 23.1 Å². The molecule has 5 rings (SSSR count). The molecule has 1 aliphatic heterocycles. The summed E-state index contributed by atoms with van der Waals surface area (Å²) < 4.78 is 68.1. The van der Waals surface area contributed by atoms with Crippen LogP contribution in [0.2, 0.25) is 0 Å². The molecule has 0 bridgehead atoms. The highest BCUT2D eigenvalue weighted by Gasteiger charge is 2.39. The van der Waals surface area contributed by atoms with Crippen LogP contribution in [-0.2, 0) is 6.61 Å². The van der Waals surface area contributed by atoms with Crippen LogP contribution in [0, 0.1) is 23.3 Å². The molecule has 1 atom stereocenters. The Hall–Kier alpha value is -4.84. The molecule has 1 heterocycles. The van der Waals surface area contributed by atoms with Crippen molar-refractivity contribution in [2.75, 3.05) is 7.11 Å². The first-order chi connectivity index (χ1) is 20.2. The molecule has 2 amide bonds. The van der Waals surface area contributed by atoms with Crippen LogP contribution in [0.15, 0.2) is 84.0 Å². The van der Waals surface area contributed by atoms with Gasteiger partial charge in [-0.25, -0.2) is 22.6 Å². The zero-order valence-electron chi connectivity index (χ0n) is 21.8. The van der Waals surface area contributed by atoms with E-state index in [1.54, 1.807) is 42.5 Å². The van der Waals surface area contributed by atoms with Crippen molar-refractivity contribution in [3.8, 4) is 11.5 Å². The molecule has 0 saturated heterocycles. The molecule has 7 nitrogen and oxygen atoms in total. The lowest BCUT2D eigenvalue weighted by atomic mass is 10.1. The molecule has 0 aliphatic carbocycles. The van der Waals surface area contributed by atoms with Gasteiger partial charge in [-0.1, -0.05) is 36.0 Å². The lowest BCUT2D eigenvalue weighted by Gasteiger charge is -2.24. The van der Waals surface area contributed by atoms with Gasteiger partial charge in [-0.15, -0.1) is 0 Å². The van der Waals surface area contributed by atoms with Crippen molar-refractivity contribution >= 4 is 28.6 Å². The number of hydrogen-bond donors (Lipinski definition) is 1. The van der Waals surface area contributed by atoms with Crippen LogP contribution < -0.4 is 15.2 Å². The lowest BCUT2D eigenvalue weighted by Crippen LogP contribution is -2.28. The van der Waals surface area contributed by atoms with Crippen LogP contribution in [-0.4, -0.2) is 29.0 Å². The van der Waals surface area contributed by atoms with Gasteiger partial charge < -0.3 is 15.2 Å². The average Bonchev–Trinajstić information content (AvgIpc) is 3.41. The summed E-state index contributed by atoms with van der Waals surface area (Å²) in [6.07, 6.45) is 0. The number of hydrogen-bond acceptors (Lipinski definition) is 6. The van der Waals surface area contributed by atoms with Crippen LogP contribution >= 0.6 is 11.8 Å². The average molecular weight is 596 g/mol. The Labute approximate surface area is 241 Å². The third-order valence-electron chi connectivity index (χ3n) is 6.25. The topological polar surface area (TPSA) is 94.2 Å². The summed E-state index contributed by atoms with van der Waals surface area (Å²) in [6, 6.07) is 17.5. The highest BCUT2D eigenvalue weighted by atomic mass is 32.2. The zero-order chi connectivity index (χ0) is 30.0. The number of halogens is 4. The van der Waals surface area contributed by atoms with E-state index < -0.39 is 46.0 Å². The predicted octanol–water partition coefficient (Wildman–Crippen LogP) is 6.18. The molecule has 2 N–H and O–H groups in total. The smallest absolute Gasteiger partial charge is 0.281 e. The Kier molecular flexibility index (Phi) is 8.16. The molecule has 1 unspecified atom stereocenters. The SMILES string of the molecule is COc1c(OCc2cccc(C(N)=O)c2)cccc1C1SC(c2ccc(F)cc2)=NN1C(=O)c1c(F)cc(F)cc1F. The Balaban J connectivity index is 1.53. The molecule has 214 valence electrons. The van der Waals surface area contributed by atoms with Gasteiger partial charge in [-0.3, -0.25) is 9.59 Å². The number of benzene rings is 4. The van der Waals surface area contributed by atoms with E-state index in [0.717, 1.165) is 16.8 Å². The van der Waals surface area contributed by atoms with Crippen molar-refractivity contribution in [3.05, 3.63) is 130 Å². The highest BCUT2D eigenvalue weighted by Crippen LogP contribution is 2.48. The van der Waals surface area contributed by atoms with Crippen LogP contribution in [0.1, 0.15) is 42.8 Å². The third-order valence-corrected chi connectivity index (χ3v) is 7.47. The van der Waals surface area contributed by atoms with Gasteiger partial charge in [0.05, 0.1) is 7.11 Å². The van der Waals surface area contributed by atoms with Crippen molar-refractivity contribution in [1.82, 2.24) is 5.01 Å². The number of primary amides is 1. The first-order valence-electron chi connectivity index (χ1n) is 12.3. The Morgan fingerprint density at radius 2 is 1.62 bits per heavy atom. The fourth-order valence-corrected chi connectivity index (χ4v) is 5.46. The molecule has 4 aromatic carbocycles. The molecule has 0 spiro atoms. The number of nitrogens with two attached hydrogens (primary N) is 1. The van der Waals surface area contributed by atoms with Gasteiger partial charge in [0.25, 0.3) is 5.91 Å². The van der Waals surface area contributed by atoms with Gasteiger partial charge in [-0.2, -0.15) is 5.10 Å². The molecule has 1 aliphatic rings. The monoisotopic (exact) mass is 595 g/mol. The number of carbonyl (C=O) groups is 2. The maximum Gasteiger partial charge on any atom is 0.281 e. The number of amides is 2. The van der Waals surface area contributed by atoms with E-state index in [0.29, 0.717) is 34.4 Å². The molecule has 0 fully saturated rings. The Bertz CT molecular complexity index is 1690. The number of rotatable bonds is 8. The molecule has 4 aromatic rings. The third kappa shape index (κ3) is 5.79. The largest absolute Gasteiger partial charge is 0.492 e. The fraction of sp³-hybridized carbons (Fsp3) is 0.100. The van der Waals surface area contributed by atoms with Crippen LogP contribution in [0.5, 0.6) is 11.5 Å². The van der Waals surface area contributed by atoms with E-state index in [4.69, 9.17) is 15.2 Å². The second-order valence-corrected chi connectivity index (χ2v) is 10.1. The normalized spacial score (nSPS) is 14.5. The first kappa shape index (κ1) is 28.7. The number of methoxy groups -OCH3 is 1. The van der Waals surface area contributed by atoms with Crippen LogP contribution in [0.4, 0.5) is 17.6 Å². The van der Waals surface area contributed by atoms with Gasteiger partial charge >= 0.3 is 0 Å². The molecule has 42 heavy (non-hydrogen) atoms. The molecule has 12 heteroatoms. The standard InChI is InChI=1S/C30H21F4N3O4S/c1-40-26-21(6-3-7-24(26)41-15-16-4-2-5-18(12-16)27(35)38)30-37(29(39)25-22(33)13-20(32)14-23(25)34)36-28(42-30)17-8-10-19(31)11-9-17/h2-14,30H,15H2,1H3,(H2,35,38). The van der Waals surface area contributed by atoms with E-state index in [1.165, 1.54) is 31.4 Å². The van der Waals surface area contributed by atoms with E-state index in [9.17, 15) is 27.2 Å². The second kappa shape index (κ2) is 12.0. The maximum atomic E-state index is 14.7. The maximum absolute atomic E-state index is 14.7. The fourth-order valence-electron chi connectivity index (χ4n) is 4.29. The quantitative estimate of drug-likeness (QED) is 0.246. The van der Waals surface area contributed by atoms with Gasteiger partial charge in [0.1, 0.15) is 45.9 Å². The van der Waals surface area contributed by atoms with Gasteiger partial charge in [0.15, 0.2) is 11.5 Å². The summed E-state index contributed by atoms with van der Waals surface area (Å²) in [7, 11) is 1.38. The molecular weight excluding hydrogens is 574 g/mol. The number of thioether (sulfide) groups is 1. The minimum Gasteiger partial charge on any atom is -0.492 e. The number of nitrogens with zero attached hydrogens (tertiary/aromatic N) is 2. The van der Waals surface area contributed by atoms with Crippen LogP contribution in [0.25, 0.3) is 0 Å². The summed E-state index contributed by atoms with van der Waals surface area (Å²) in [6.45, 7) is 0.0325. The van der Waals surface area contributed by atoms with Crippen molar-refractivity contribution in [2.45, 2.75) is 12.0 Å². The number of hydrazone groups is 1. The minimum absolute atomic E-state index is 0.0325. The minimum atomic E-state index is -1.39. The summed E-state index contributed by atoms with van der Waals surface area (Å²) in [4.78, 5) is 25.1. The summed E-state index contributed by atoms with van der Waals surface area (Å²) in [5.74, 6) is -5.76. The first-order valence-corrected chi connectivity index (χ1v) is 13.2. The summed E-state index contributed by atoms with van der Waals surface area (Å²) >= 11 is 1.05. The van der Waals surface area contributed by atoms with Crippen molar-refractivity contribution in [2.24, 2.45) is 10.8 Å². The zero-order valence-corrected chi connectivity index (χ0v) is 22.6. The highest BCUT2D eigenvalue weighted by molar-refractivity contribution is 8.14. The summed E-state index contributed by atoms with van der Waals surface area (Å²) in [5.41, 5.74) is 6.13. The predicted molar refractivity (Wildman–Crippen MR) is 148 cm³/mol. The van der Waals surface area contributed by atoms with E-state index in [1.807, 2.05) is 0 Å². The molecular formula is C30H21F4N3O4S. The van der Waals surface area contributed by atoms with Crippen molar-refractivity contribution < 1.29 is 36.6 Å². The second-order valence-electron chi connectivity index (χ2n) is 9.01. The van der Waals surface area contributed by atoms with E-state index in [2.05, 4.69) is 5.10 Å². The van der Waals surface area contributed by atoms with E-state index >= 15 is 0 Å². The van der Waals surface area contributed by atoms with Gasteiger partial charge in [0, 0.05) is 28.8 Å². The Morgan fingerprint density at radius 1 is 0.929 bits per heavy atom.